The van der Waals surface area contributed by atoms with Gasteiger partial charge in [0.1, 0.15) is 23.1 Å². The molecule has 1 saturated carbocycles. The van der Waals surface area contributed by atoms with E-state index in [1.807, 2.05) is 6.07 Å². The molecule has 1 aromatic heterocycles. The van der Waals surface area contributed by atoms with Gasteiger partial charge in [-0.2, -0.15) is 5.26 Å². The van der Waals surface area contributed by atoms with Gasteiger partial charge in [0, 0.05) is 12.6 Å². The van der Waals surface area contributed by atoms with Gasteiger partial charge in [-0.1, -0.05) is 37.8 Å². The highest BCUT2D eigenvalue weighted by Gasteiger charge is 2.18. The van der Waals surface area contributed by atoms with Crippen molar-refractivity contribution in [3.05, 3.63) is 59.4 Å². The second-order valence-corrected chi connectivity index (χ2v) is 7.24. The van der Waals surface area contributed by atoms with Gasteiger partial charge in [0.25, 0.3) is 0 Å². The molecule has 0 bridgehead atoms. The van der Waals surface area contributed by atoms with Crippen LogP contribution >= 0.6 is 0 Å². The number of carbonyl (C=O) groups excluding carboxylic acids is 1. The minimum atomic E-state index is -1.20. The number of pyridine rings is 1. The van der Waals surface area contributed by atoms with E-state index in [0.29, 0.717) is 29.2 Å². The standard InChI is InChI=1S/C23H23N3O4/c24-15-18-6-3-13-25-22(18)30-19-10-7-17(8-11-19)14-20(23(28)29)26-21(27)12-9-16-4-1-2-5-16/h3,6-8,10-11,13-14,16H,1-2,4-5,9,12H2,(H,26,27)(H,28,29)/b20-14+. The molecule has 3 rings (SSSR count). The summed E-state index contributed by atoms with van der Waals surface area (Å²) in [5, 5.41) is 21.0. The number of aliphatic carboxylic acids is 1. The van der Waals surface area contributed by atoms with Gasteiger partial charge in [-0.3, -0.25) is 4.79 Å². The first-order chi connectivity index (χ1) is 14.5. The van der Waals surface area contributed by atoms with Crippen molar-refractivity contribution in [2.24, 2.45) is 5.92 Å². The Kier molecular flexibility index (Phi) is 7.17. The number of carboxylic acid groups (broad SMARTS) is 1. The molecule has 0 saturated heterocycles. The molecule has 1 fully saturated rings. The lowest BCUT2D eigenvalue weighted by Gasteiger charge is -2.10. The molecule has 2 aromatic rings. The minimum Gasteiger partial charge on any atom is -0.477 e. The van der Waals surface area contributed by atoms with Crippen LogP contribution in [-0.4, -0.2) is 22.0 Å². The Morgan fingerprint density at radius 3 is 2.63 bits per heavy atom. The summed E-state index contributed by atoms with van der Waals surface area (Å²) >= 11 is 0. The third kappa shape index (κ3) is 5.92. The molecule has 1 heterocycles. The number of carbonyl (C=O) groups is 2. The van der Waals surface area contributed by atoms with E-state index in [-0.39, 0.29) is 17.5 Å². The Labute approximate surface area is 175 Å². The van der Waals surface area contributed by atoms with Crippen LogP contribution in [0.15, 0.2) is 48.3 Å². The fourth-order valence-electron chi connectivity index (χ4n) is 3.47. The summed E-state index contributed by atoms with van der Waals surface area (Å²) in [6.45, 7) is 0. The smallest absolute Gasteiger partial charge is 0.352 e. The zero-order valence-corrected chi connectivity index (χ0v) is 16.5. The van der Waals surface area contributed by atoms with Crippen molar-refractivity contribution >= 4 is 18.0 Å². The Morgan fingerprint density at radius 2 is 1.97 bits per heavy atom. The number of nitrogens with one attached hydrogen (secondary N) is 1. The van der Waals surface area contributed by atoms with Crippen molar-refractivity contribution < 1.29 is 19.4 Å². The predicted octanol–water partition coefficient (Wildman–Crippen LogP) is 4.26. The van der Waals surface area contributed by atoms with Crippen LogP contribution in [0.2, 0.25) is 0 Å². The minimum absolute atomic E-state index is 0.170. The van der Waals surface area contributed by atoms with Gasteiger partial charge in [-0.15, -0.1) is 0 Å². The van der Waals surface area contributed by atoms with Gasteiger partial charge >= 0.3 is 5.97 Å². The summed E-state index contributed by atoms with van der Waals surface area (Å²) in [5.41, 5.74) is 0.740. The topological polar surface area (TPSA) is 112 Å². The second kappa shape index (κ2) is 10.2. The average molecular weight is 405 g/mol. The number of nitriles is 1. The number of carboxylic acids is 1. The lowest BCUT2D eigenvalue weighted by molar-refractivity contribution is -0.134. The van der Waals surface area contributed by atoms with E-state index in [9.17, 15) is 14.7 Å². The Bertz CT molecular complexity index is 971. The maximum atomic E-state index is 12.2. The summed E-state index contributed by atoms with van der Waals surface area (Å²) < 4.78 is 5.61. The zero-order valence-electron chi connectivity index (χ0n) is 16.5. The van der Waals surface area contributed by atoms with Crippen molar-refractivity contribution in [2.45, 2.75) is 38.5 Å². The first-order valence-corrected chi connectivity index (χ1v) is 9.93. The van der Waals surface area contributed by atoms with Gasteiger partial charge in [0.2, 0.25) is 11.8 Å². The van der Waals surface area contributed by atoms with Gasteiger partial charge in [-0.25, -0.2) is 9.78 Å². The third-order valence-electron chi connectivity index (χ3n) is 5.06. The van der Waals surface area contributed by atoms with Gasteiger partial charge in [0.05, 0.1) is 0 Å². The molecule has 0 atom stereocenters. The van der Waals surface area contributed by atoms with E-state index >= 15 is 0 Å². The van der Waals surface area contributed by atoms with Crippen LogP contribution in [0.25, 0.3) is 6.08 Å². The third-order valence-corrected chi connectivity index (χ3v) is 5.06. The predicted molar refractivity (Wildman–Crippen MR) is 110 cm³/mol. The molecule has 7 heteroatoms. The SMILES string of the molecule is N#Cc1cccnc1Oc1ccc(/C=C(/NC(=O)CCC2CCCC2)C(=O)O)cc1. The maximum Gasteiger partial charge on any atom is 0.352 e. The van der Waals surface area contributed by atoms with Crippen LogP contribution in [-0.2, 0) is 9.59 Å². The van der Waals surface area contributed by atoms with Crippen LogP contribution in [0.4, 0.5) is 0 Å². The van der Waals surface area contributed by atoms with Gasteiger partial charge in [0.15, 0.2) is 0 Å². The maximum absolute atomic E-state index is 12.2. The van der Waals surface area contributed by atoms with E-state index < -0.39 is 5.97 Å². The highest BCUT2D eigenvalue weighted by atomic mass is 16.5. The lowest BCUT2D eigenvalue weighted by Crippen LogP contribution is -2.27. The number of ether oxygens (including phenoxy) is 1. The quantitative estimate of drug-likeness (QED) is 0.635. The highest BCUT2D eigenvalue weighted by Crippen LogP contribution is 2.28. The monoisotopic (exact) mass is 405 g/mol. The van der Waals surface area contributed by atoms with E-state index in [4.69, 9.17) is 10.00 Å². The number of hydrogen-bond acceptors (Lipinski definition) is 5. The Hall–Kier alpha value is -3.66. The summed E-state index contributed by atoms with van der Waals surface area (Å²) in [7, 11) is 0. The fourth-order valence-corrected chi connectivity index (χ4v) is 3.47. The summed E-state index contributed by atoms with van der Waals surface area (Å²) in [5.74, 6) is -0.253. The normalized spacial score (nSPS) is 14.2. The van der Waals surface area contributed by atoms with E-state index in [1.165, 1.54) is 25.1 Å². The zero-order chi connectivity index (χ0) is 21.3. The molecule has 154 valence electrons. The average Bonchev–Trinajstić information content (AvgIpc) is 3.27. The van der Waals surface area contributed by atoms with Crippen LogP contribution in [0.3, 0.4) is 0 Å². The Morgan fingerprint density at radius 1 is 1.23 bits per heavy atom. The van der Waals surface area contributed by atoms with Crippen molar-refractivity contribution in [1.82, 2.24) is 10.3 Å². The number of nitrogens with zero attached hydrogens (tertiary/aromatic N) is 2. The molecular formula is C23H23N3O4. The van der Waals surface area contributed by atoms with Crippen LogP contribution < -0.4 is 10.1 Å². The first-order valence-electron chi connectivity index (χ1n) is 9.93. The molecular weight excluding hydrogens is 382 g/mol. The van der Waals surface area contributed by atoms with Crippen molar-refractivity contribution in [1.29, 1.82) is 5.26 Å². The number of hydrogen-bond donors (Lipinski definition) is 2. The molecule has 0 spiro atoms. The first kappa shape index (κ1) is 21.1. The molecule has 2 N–H and O–H groups in total. The molecule has 30 heavy (non-hydrogen) atoms. The molecule has 1 aliphatic rings. The number of aromatic nitrogens is 1. The second-order valence-electron chi connectivity index (χ2n) is 7.24. The molecule has 0 unspecified atom stereocenters. The van der Waals surface area contributed by atoms with E-state index in [2.05, 4.69) is 10.3 Å². The number of benzene rings is 1. The van der Waals surface area contributed by atoms with Gasteiger partial charge < -0.3 is 15.2 Å². The molecule has 7 nitrogen and oxygen atoms in total. The summed E-state index contributed by atoms with van der Waals surface area (Å²) in [6.07, 6.45) is 8.78. The van der Waals surface area contributed by atoms with Crippen molar-refractivity contribution in [3.8, 4) is 17.7 Å². The van der Waals surface area contributed by atoms with E-state index in [0.717, 1.165) is 19.3 Å². The van der Waals surface area contributed by atoms with Gasteiger partial charge in [-0.05, 0) is 48.2 Å². The van der Waals surface area contributed by atoms with Crippen LogP contribution in [0.1, 0.15) is 49.7 Å². The largest absolute Gasteiger partial charge is 0.477 e. The van der Waals surface area contributed by atoms with Crippen LogP contribution in [0.5, 0.6) is 11.6 Å². The van der Waals surface area contributed by atoms with Crippen molar-refractivity contribution in [2.75, 3.05) is 0 Å². The summed E-state index contributed by atoms with van der Waals surface area (Å²) in [4.78, 5) is 27.7. The summed E-state index contributed by atoms with van der Waals surface area (Å²) in [6, 6.07) is 11.9. The van der Waals surface area contributed by atoms with Crippen molar-refractivity contribution in [3.63, 3.8) is 0 Å². The molecule has 1 aromatic carbocycles. The number of rotatable bonds is 8. The number of amides is 1. The molecule has 0 aliphatic heterocycles. The molecule has 0 radical (unpaired) electrons. The molecule has 1 amide bonds. The lowest BCUT2D eigenvalue weighted by atomic mass is 10.0. The van der Waals surface area contributed by atoms with Crippen LogP contribution in [0, 0.1) is 17.2 Å². The van der Waals surface area contributed by atoms with E-state index in [1.54, 1.807) is 36.4 Å². The fraction of sp³-hybridized carbons (Fsp3) is 0.304. The highest BCUT2D eigenvalue weighted by molar-refractivity contribution is 5.96. The molecule has 1 aliphatic carbocycles. The Balaban J connectivity index is 1.63.